The predicted molar refractivity (Wildman–Crippen MR) is 112 cm³/mol. The normalized spacial score (nSPS) is 14.2. The summed E-state index contributed by atoms with van der Waals surface area (Å²) in [7, 11) is 1.40. The molecular weight excluding hydrogens is 428 g/mol. The van der Waals surface area contributed by atoms with Crippen molar-refractivity contribution in [3.05, 3.63) is 68.4 Å². The lowest BCUT2D eigenvalue weighted by molar-refractivity contribution is -0.384. The smallest absolute Gasteiger partial charge is 0.363 e. The number of esters is 2. The average Bonchev–Trinajstić information content (AvgIpc) is 3.10. The molecule has 0 bridgehead atoms. The maximum absolute atomic E-state index is 12.2. The van der Waals surface area contributed by atoms with Gasteiger partial charge in [0.05, 0.1) is 17.1 Å². The van der Waals surface area contributed by atoms with Crippen LogP contribution in [-0.4, -0.2) is 29.9 Å². The Hall–Kier alpha value is -3.72. The number of nitro groups is 1. The van der Waals surface area contributed by atoms with Gasteiger partial charge in [-0.25, -0.2) is 9.79 Å². The van der Waals surface area contributed by atoms with Crippen LogP contribution in [0.5, 0.6) is 11.5 Å². The number of methoxy groups -OCH3 is 1. The molecule has 1 heterocycles. The van der Waals surface area contributed by atoms with E-state index in [1.165, 1.54) is 43.5 Å². The third-order valence-corrected chi connectivity index (χ3v) is 4.45. The molecule has 160 valence electrons. The molecule has 0 unspecified atom stereocenters. The fourth-order valence-corrected chi connectivity index (χ4v) is 2.97. The molecule has 0 aliphatic carbocycles. The van der Waals surface area contributed by atoms with Crippen molar-refractivity contribution in [2.75, 3.05) is 7.11 Å². The van der Waals surface area contributed by atoms with Crippen LogP contribution in [0.4, 0.5) is 5.69 Å². The minimum absolute atomic E-state index is 0.00204. The highest BCUT2D eigenvalue weighted by molar-refractivity contribution is 6.32. The van der Waals surface area contributed by atoms with Crippen molar-refractivity contribution in [3.8, 4) is 11.5 Å². The van der Waals surface area contributed by atoms with Gasteiger partial charge in [0, 0.05) is 24.1 Å². The lowest BCUT2D eigenvalue weighted by Gasteiger charge is -2.11. The summed E-state index contributed by atoms with van der Waals surface area (Å²) in [5.41, 5.74) is 0.794. The van der Waals surface area contributed by atoms with Gasteiger partial charge < -0.3 is 14.2 Å². The lowest BCUT2D eigenvalue weighted by Crippen LogP contribution is -2.08. The van der Waals surface area contributed by atoms with Crippen molar-refractivity contribution >= 4 is 41.2 Å². The number of ether oxygens (including phenoxy) is 3. The van der Waals surface area contributed by atoms with Crippen LogP contribution in [0.1, 0.15) is 30.9 Å². The van der Waals surface area contributed by atoms with E-state index < -0.39 is 16.9 Å². The van der Waals surface area contributed by atoms with Crippen molar-refractivity contribution < 1.29 is 28.7 Å². The van der Waals surface area contributed by atoms with Crippen molar-refractivity contribution in [3.63, 3.8) is 0 Å². The summed E-state index contributed by atoms with van der Waals surface area (Å²) < 4.78 is 15.7. The van der Waals surface area contributed by atoms with Crippen LogP contribution in [-0.2, 0) is 14.3 Å². The molecule has 0 saturated carbocycles. The fourth-order valence-electron chi connectivity index (χ4n) is 2.71. The van der Waals surface area contributed by atoms with Crippen LogP contribution in [0.2, 0.25) is 5.02 Å². The first-order valence-corrected chi connectivity index (χ1v) is 9.55. The quantitative estimate of drug-likeness (QED) is 0.205. The second-order valence-corrected chi connectivity index (χ2v) is 6.81. The van der Waals surface area contributed by atoms with E-state index in [-0.39, 0.29) is 40.2 Å². The number of non-ortho nitro benzene ring substituents is 1. The maximum atomic E-state index is 12.2. The second kappa shape index (κ2) is 9.40. The zero-order valence-electron chi connectivity index (χ0n) is 16.6. The van der Waals surface area contributed by atoms with Crippen LogP contribution < -0.4 is 9.47 Å². The Balaban J connectivity index is 1.89. The van der Waals surface area contributed by atoms with Gasteiger partial charge in [-0.1, -0.05) is 18.5 Å². The number of hydrogen-bond donors (Lipinski definition) is 0. The first kappa shape index (κ1) is 22.0. The number of nitro benzene ring substituents is 1. The fraction of sp³-hybridized carbons (Fsp3) is 0.190. The number of rotatable bonds is 7. The highest BCUT2D eigenvalue weighted by Crippen LogP contribution is 2.37. The maximum Gasteiger partial charge on any atom is 0.363 e. The van der Waals surface area contributed by atoms with Crippen LogP contribution in [0.3, 0.4) is 0 Å². The molecular formula is C21H17ClN2O7. The van der Waals surface area contributed by atoms with E-state index in [1.54, 1.807) is 6.07 Å². The minimum Gasteiger partial charge on any atom is -0.493 e. The molecule has 9 nitrogen and oxygen atoms in total. The van der Waals surface area contributed by atoms with E-state index in [2.05, 4.69) is 4.99 Å². The van der Waals surface area contributed by atoms with Gasteiger partial charge in [0.1, 0.15) is 0 Å². The van der Waals surface area contributed by atoms with Gasteiger partial charge in [-0.05, 0) is 42.3 Å². The van der Waals surface area contributed by atoms with Crippen molar-refractivity contribution in [2.45, 2.75) is 19.8 Å². The lowest BCUT2D eigenvalue weighted by atomic mass is 10.1. The van der Waals surface area contributed by atoms with Gasteiger partial charge in [0.15, 0.2) is 17.2 Å². The van der Waals surface area contributed by atoms with E-state index >= 15 is 0 Å². The molecule has 3 rings (SSSR count). The number of nitrogens with zero attached hydrogens (tertiary/aromatic N) is 2. The highest BCUT2D eigenvalue weighted by Gasteiger charge is 2.25. The first-order chi connectivity index (χ1) is 14.8. The number of aliphatic imine (C=N–C) groups is 1. The molecule has 0 spiro atoms. The van der Waals surface area contributed by atoms with Crippen molar-refractivity contribution in [1.29, 1.82) is 0 Å². The summed E-state index contributed by atoms with van der Waals surface area (Å²) in [4.78, 5) is 38.4. The van der Waals surface area contributed by atoms with Gasteiger partial charge in [-0.2, -0.15) is 0 Å². The topological polar surface area (TPSA) is 117 Å². The number of halogens is 1. The molecule has 10 heteroatoms. The number of cyclic esters (lactones) is 1. The van der Waals surface area contributed by atoms with Gasteiger partial charge in [0.25, 0.3) is 5.69 Å². The van der Waals surface area contributed by atoms with E-state index in [4.69, 9.17) is 25.8 Å². The molecule has 0 atom stereocenters. The summed E-state index contributed by atoms with van der Waals surface area (Å²) in [6.45, 7) is 1.85. The Bertz CT molecular complexity index is 1110. The molecule has 0 N–H and O–H groups in total. The standard InChI is InChI=1S/C21H17ClN2O7/c1-3-4-18(25)30-19-15(22)9-12(11-17(19)29-2)10-16-21(26)31-20(23-16)13-5-7-14(8-6-13)24(27)28/h5-11H,3-4H2,1-2H3/b16-10-. The molecule has 0 amide bonds. The van der Waals surface area contributed by atoms with Crippen LogP contribution in [0.25, 0.3) is 6.08 Å². The minimum atomic E-state index is -0.693. The van der Waals surface area contributed by atoms with E-state index in [1.807, 2.05) is 6.92 Å². The van der Waals surface area contributed by atoms with Crippen LogP contribution in [0, 0.1) is 10.1 Å². The Kier molecular flexibility index (Phi) is 6.66. The second-order valence-electron chi connectivity index (χ2n) is 6.40. The SMILES string of the molecule is CCCC(=O)Oc1c(Cl)cc(/C=C2\N=C(c3ccc([N+](=O)[O-])cc3)OC2=O)cc1OC. The monoisotopic (exact) mass is 444 g/mol. The summed E-state index contributed by atoms with van der Waals surface area (Å²) in [6, 6.07) is 8.49. The van der Waals surface area contributed by atoms with Crippen molar-refractivity contribution in [1.82, 2.24) is 0 Å². The van der Waals surface area contributed by atoms with E-state index in [0.29, 0.717) is 17.5 Å². The molecule has 1 aliphatic heterocycles. The number of carbonyl (C=O) groups is 2. The van der Waals surface area contributed by atoms with Gasteiger partial charge in [-0.15, -0.1) is 0 Å². The number of hydrogen-bond acceptors (Lipinski definition) is 8. The van der Waals surface area contributed by atoms with Crippen molar-refractivity contribution in [2.24, 2.45) is 4.99 Å². The Morgan fingerprint density at radius 2 is 2.00 bits per heavy atom. The zero-order chi connectivity index (χ0) is 22.5. The van der Waals surface area contributed by atoms with E-state index in [0.717, 1.165) is 0 Å². The Morgan fingerprint density at radius 1 is 1.29 bits per heavy atom. The highest BCUT2D eigenvalue weighted by atomic mass is 35.5. The Morgan fingerprint density at radius 3 is 2.61 bits per heavy atom. The van der Waals surface area contributed by atoms with Crippen LogP contribution >= 0.6 is 11.6 Å². The number of benzene rings is 2. The van der Waals surface area contributed by atoms with Gasteiger partial charge >= 0.3 is 11.9 Å². The predicted octanol–water partition coefficient (Wildman–Crippen LogP) is 4.31. The zero-order valence-corrected chi connectivity index (χ0v) is 17.3. The summed E-state index contributed by atoms with van der Waals surface area (Å²) in [5.74, 6) is -0.801. The molecule has 0 aromatic heterocycles. The molecule has 0 radical (unpaired) electrons. The van der Waals surface area contributed by atoms with Gasteiger partial charge in [0.2, 0.25) is 5.90 Å². The summed E-state index contributed by atoms with van der Waals surface area (Å²) >= 11 is 6.25. The third kappa shape index (κ3) is 5.07. The summed E-state index contributed by atoms with van der Waals surface area (Å²) in [5, 5.41) is 10.9. The number of carbonyl (C=O) groups excluding carboxylic acids is 2. The Labute approximate surface area is 182 Å². The van der Waals surface area contributed by atoms with Crippen LogP contribution in [0.15, 0.2) is 47.1 Å². The summed E-state index contributed by atoms with van der Waals surface area (Å²) in [6.07, 6.45) is 2.30. The molecule has 2 aromatic carbocycles. The third-order valence-electron chi connectivity index (χ3n) is 4.17. The first-order valence-electron chi connectivity index (χ1n) is 9.18. The van der Waals surface area contributed by atoms with Gasteiger partial charge in [-0.3, -0.25) is 14.9 Å². The molecule has 0 fully saturated rings. The molecule has 1 aliphatic rings. The molecule has 31 heavy (non-hydrogen) atoms. The van der Waals surface area contributed by atoms with E-state index in [9.17, 15) is 19.7 Å². The largest absolute Gasteiger partial charge is 0.493 e. The molecule has 2 aromatic rings. The average molecular weight is 445 g/mol. The molecule has 0 saturated heterocycles.